The van der Waals surface area contributed by atoms with Crippen LogP contribution in [0.2, 0.25) is 0 Å². The van der Waals surface area contributed by atoms with E-state index in [2.05, 4.69) is 14.9 Å². The van der Waals surface area contributed by atoms with Crippen LogP contribution in [-0.4, -0.2) is 52.2 Å². The number of carboxylic acid groups (broad SMARTS) is 1. The number of aromatic amines is 1. The van der Waals surface area contributed by atoms with Gasteiger partial charge in [-0.15, -0.1) is 0 Å². The van der Waals surface area contributed by atoms with Crippen molar-refractivity contribution < 1.29 is 14.6 Å². The fourth-order valence-corrected chi connectivity index (χ4v) is 3.19. The molecule has 3 aromatic rings. The molecule has 27 heavy (non-hydrogen) atoms. The number of hydrogen-bond acceptors (Lipinski definition) is 5. The molecule has 0 saturated carbocycles. The van der Waals surface area contributed by atoms with Crippen LogP contribution in [-0.2, 0) is 11.3 Å². The van der Waals surface area contributed by atoms with E-state index >= 15 is 0 Å². The first-order chi connectivity index (χ1) is 13.1. The molecule has 0 atom stereocenters. The number of aromatic nitrogens is 2. The number of carboxylic acids is 1. The van der Waals surface area contributed by atoms with Gasteiger partial charge in [-0.1, -0.05) is 24.3 Å². The number of benzene rings is 2. The van der Waals surface area contributed by atoms with Crippen LogP contribution in [0.15, 0.2) is 47.3 Å². The normalized spacial score (nSPS) is 15.1. The first-order valence-electron chi connectivity index (χ1n) is 8.77. The van der Waals surface area contributed by atoms with Crippen molar-refractivity contribution in [2.75, 3.05) is 26.3 Å². The van der Waals surface area contributed by atoms with Crippen molar-refractivity contribution >= 4 is 16.9 Å². The Labute approximate surface area is 155 Å². The van der Waals surface area contributed by atoms with Crippen LogP contribution in [0.3, 0.4) is 0 Å². The highest BCUT2D eigenvalue weighted by Gasteiger charge is 2.12. The lowest BCUT2D eigenvalue weighted by molar-refractivity contribution is 0.0342. The zero-order chi connectivity index (χ0) is 18.8. The van der Waals surface area contributed by atoms with Gasteiger partial charge in [0.15, 0.2) is 0 Å². The maximum atomic E-state index is 12.3. The molecule has 1 aliphatic heterocycles. The van der Waals surface area contributed by atoms with Gasteiger partial charge in [0, 0.05) is 25.2 Å². The molecule has 0 unspecified atom stereocenters. The smallest absolute Gasteiger partial charge is 0.335 e. The van der Waals surface area contributed by atoms with E-state index in [1.165, 1.54) is 23.8 Å². The molecule has 2 N–H and O–H groups in total. The Morgan fingerprint density at radius 3 is 2.59 bits per heavy atom. The van der Waals surface area contributed by atoms with Gasteiger partial charge in [-0.2, -0.15) is 0 Å². The van der Waals surface area contributed by atoms with Gasteiger partial charge in [-0.25, -0.2) is 9.78 Å². The number of H-pyrrole nitrogens is 1. The molecule has 0 bridgehead atoms. The molecular weight excluding hydrogens is 346 g/mol. The molecule has 0 aliphatic carbocycles. The van der Waals surface area contributed by atoms with Crippen LogP contribution >= 0.6 is 0 Å². The van der Waals surface area contributed by atoms with E-state index in [9.17, 15) is 9.59 Å². The number of nitrogens with one attached hydrogen (secondary N) is 1. The molecule has 1 aliphatic rings. The number of nitrogens with zero attached hydrogens (tertiary/aromatic N) is 2. The molecule has 0 spiro atoms. The lowest BCUT2D eigenvalue weighted by atomic mass is 10.1. The Morgan fingerprint density at radius 2 is 1.89 bits per heavy atom. The fraction of sp³-hybridized carbons (Fsp3) is 0.250. The van der Waals surface area contributed by atoms with Gasteiger partial charge in [0.05, 0.1) is 29.7 Å². The molecule has 7 heteroatoms. The molecule has 0 radical (unpaired) electrons. The van der Waals surface area contributed by atoms with E-state index in [-0.39, 0.29) is 11.1 Å². The highest BCUT2D eigenvalue weighted by Crippen LogP contribution is 2.19. The molecule has 1 fully saturated rings. The maximum absolute atomic E-state index is 12.3. The number of aromatic carboxylic acids is 1. The monoisotopic (exact) mass is 365 g/mol. The summed E-state index contributed by atoms with van der Waals surface area (Å²) >= 11 is 0. The quantitative estimate of drug-likeness (QED) is 0.735. The highest BCUT2D eigenvalue weighted by atomic mass is 16.5. The first-order valence-corrected chi connectivity index (χ1v) is 8.77. The lowest BCUT2D eigenvalue weighted by Gasteiger charge is -2.26. The van der Waals surface area contributed by atoms with E-state index in [1.807, 2.05) is 24.3 Å². The zero-order valence-corrected chi connectivity index (χ0v) is 14.6. The number of morpholine rings is 1. The van der Waals surface area contributed by atoms with Crippen molar-refractivity contribution in [3.8, 4) is 11.4 Å². The summed E-state index contributed by atoms with van der Waals surface area (Å²) in [6.07, 6.45) is 0. The van der Waals surface area contributed by atoms with Crippen molar-refractivity contribution in [3.05, 3.63) is 63.9 Å². The molecule has 138 valence electrons. The van der Waals surface area contributed by atoms with Crippen molar-refractivity contribution in [3.63, 3.8) is 0 Å². The van der Waals surface area contributed by atoms with Crippen LogP contribution in [0.5, 0.6) is 0 Å². The Morgan fingerprint density at radius 1 is 1.15 bits per heavy atom. The van der Waals surface area contributed by atoms with Crippen molar-refractivity contribution in [1.82, 2.24) is 14.9 Å². The number of ether oxygens (including phenoxy) is 1. The Hall–Kier alpha value is -3.03. The summed E-state index contributed by atoms with van der Waals surface area (Å²) in [6.45, 7) is 4.23. The van der Waals surface area contributed by atoms with Gasteiger partial charge in [0.2, 0.25) is 0 Å². The van der Waals surface area contributed by atoms with E-state index in [4.69, 9.17) is 9.84 Å². The molecular formula is C20H19N3O4. The fourth-order valence-electron chi connectivity index (χ4n) is 3.19. The summed E-state index contributed by atoms with van der Waals surface area (Å²) in [6, 6.07) is 12.2. The van der Waals surface area contributed by atoms with E-state index in [0.29, 0.717) is 16.7 Å². The summed E-state index contributed by atoms with van der Waals surface area (Å²) in [5.74, 6) is -0.624. The van der Waals surface area contributed by atoms with Crippen LogP contribution in [0.4, 0.5) is 0 Å². The maximum Gasteiger partial charge on any atom is 0.335 e. The average Bonchev–Trinajstić information content (AvgIpc) is 2.69. The van der Waals surface area contributed by atoms with Crippen molar-refractivity contribution in [2.45, 2.75) is 6.54 Å². The van der Waals surface area contributed by atoms with Gasteiger partial charge in [0.25, 0.3) is 5.56 Å². The second-order valence-corrected chi connectivity index (χ2v) is 6.54. The minimum atomic E-state index is -1.05. The predicted molar refractivity (Wildman–Crippen MR) is 101 cm³/mol. The number of rotatable bonds is 4. The average molecular weight is 365 g/mol. The van der Waals surface area contributed by atoms with Gasteiger partial charge >= 0.3 is 5.97 Å². The summed E-state index contributed by atoms with van der Waals surface area (Å²) in [5, 5.41) is 9.51. The van der Waals surface area contributed by atoms with Gasteiger partial charge in [-0.3, -0.25) is 9.69 Å². The molecule has 0 amide bonds. The van der Waals surface area contributed by atoms with Gasteiger partial charge in [-0.05, 0) is 23.8 Å². The minimum Gasteiger partial charge on any atom is -0.478 e. The number of hydrogen-bond donors (Lipinski definition) is 2. The van der Waals surface area contributed by atoms with E-state index in [0.717, 1.165) is 38.4 Å². The van der Waals surface area contributed by atoms with Crippen LogP contribution in [0, 0.1) is 0 Å². The topological polar surface area (TPSA) is 95.5 Å². The third-order valence-corrected chi connectivity index (χ3v) is 4.69. The van der Waals surface area contributed by atoms with Crippen molar-refractivity contribution in [2.24, 2.45) is 0 Å². The van der Waals surface area contributed by atoms with Crippen LogP contribution in [0.1, 0.15) is 15.9 Å². The Kier molecular flexibility index (Phi) is 4.70. The molecule has 2 heterocycles. The minimum absolute atomic E-state index is 0.104. The molecule has 1 aromatic heterocycles. The summed E-state index contributed by atoms with van der Waals surface area (Å²) in [7, 11) is 0. The number of fused-ring (bicyclic) bond motifs is 1. The zero-order valence-electron chi connectivity index (χ0n) is 14.6. The highest BCUT2D eigenvalue weighted by molar-refractivity contribution is 5.93. The summed E-state index contributed by atoms with van der Waals surface area (Å²) < 4.78 is 5.36. The van der Waals surface area contributed by atoms with Gasteiger partial charge < -0.3 is 14.8 Å². The second kappa shape index (κ2) is 7.30. The third kappa shape index (κ3) is 3.74. The predicted octanol–water partition coefficient (Wildman–Crippen LogP) is 2.12. The first kappa shape index (κ1) is 17.4. The largest absolute Gasteiger partial charge is 0.478 e. The van der Waals surface area contributed by atoms with E-state index < -0.39 is 5.97 Å². The standard InChI is InChI=1S/C20H19N3O4/c24-19-16-6-5-15(20(25)26)11-17(16)21-18(22-19)14-3-1-13(2-4-14)12-23-7-9-27-10-8-23/h1-6,11H,7-10,12H2,(H,25,26)(H,21,22,24). The third-order valence-electron chi connectivity index (χ3n) is 4.69. The lowest BCUT2D eigenvalue weighted by Crippen LogP contribution is -2.35. The van der Waals surface area contributed by atoms with E-state index in [1.54, 1.807) is 0 Å². The molecule has 1 saturated heterocycles. The number of carbonyl (C=O) groups is 1. The molecule has 2 aromatic carbocycles. The summed E-state index contributed by atoms with van der Waals surface area (Å²) in [4.78, 5) is 33.0. The van der Waals surface area contributed by atoms with Gasteiger partial charge in [0.1, 0.15) is 5.82 Å². The SMILES string of the molecule is O=C(O)c1ccc2c(=O)[nH]c(-c3ccc(CN4CCOCC4)cc3)nc2c1. The van der Waals surface area contributed by atoms with Crippen LogP contribution in [0.25, 0.3) is 22.3 Å². The van der Waals surface area contributed by atoms with Crippen molar-refractivity contribution in [1.29, 1.82) is 0 Å². The second-order valence-electron chi connectivity index (χ2n) is 6.54. The molecule has 7 nitrogen and oxygen atoms in total. The Bertz CT molecular complexity index is 1040. The Balaban J connectivity index is 1.63. The van der Waals surface area contributed by atoms with Crippen LogP contribution < -0.4 is 5.56 Å². The summed E-state index contributed by atoms with van der Waals surface area (Å²) in [5.41, 5.74) is 2.14. The molecule has 4 rings (SSSR count).